The molecule has 3 heterocycles. The van der Waals surface area contributed by atoms with E-state index in [-0.39, 0.29) is 18.3 Å². The van der Waals surface area contributed by atoms with E-state index in [1.54, 1.807) is 37.4 Å². The summed E-state index contributed by atoms with van der Waals surface area (Å²) < 4.78 is 15.5. The van der Waals surface area contributed by atoms with Crippen molar-refractivity contribution in [1.29, 1.82) is 0 Å². The normalized spacial score (nSPS) is 11.0. The molecular weight excluding hydrogens is 396 g/mol. The number of anilines is 1. The Kier molecular flexibility index (Phi) is 5.79. The zero-order valence-electron chi connectivity index (χ0n) is 17.1. The van der Waals surface area contributed by atoms with Crippen molar-refractivity contribution < 1.29 is 14.2 Å². The number of amides is 1. The second-order valence-electron chi connectivity index (χ2n) is 7.20. The summed E-state index contributed by atoms with van der Waals surface area (Å²) in [4.78, 5) is 20.9. The molecule has 0 spiro atoms. The molecule has 3 N–H and O–H groups in total. The van der Waals surface area contributed by atoms with Crippen LogP contribution >= 0.6 is 0 Å². The lowest BCUT2D eigenvalue weighted by molar-refractivity contribution is -0.115. The molecule has 0 fully saturated rings. The highest BCUT2D eigenvalue weighted by molar-refractivity contribution is 6.45. The van der Waals surface area contributed by atoms with Crippen LogP contribution in [0.5, 0.6) is 0 Å². The van der Waals surface area contributed by atoms with Crippen molar-refractivity contribution in [3.8, 4) is 22.4 Å². The second kappa shape index (κ2) is 8.67. The topological polar surface area (TPSA) is 92.1 Å². The minimum Gasteiger partial charge on any atom is -0.437 e. The van der Waals surface area contributed by atoms with Crippen LogP contribution in [0.1, 0.15) is 0 Å². The van der Waals surface area contributed by atoms with Crippen molar-refractivity contribution in [2.75, 3.05) is 11.9 Å². The summed E-state index contributed by atoms with van der Waals surface area (Å²) in [5.41, 5.74) is 4.31. The van der Waals surface area contributed by atoms with Crippen molar-refractivity contribution >= 4 is 29.8 Å². The maximum absolute atomic E-state index is 13.5. The molecule has 0 aliphatic rings. The molecule has 156 valence electrons. The Labute approximate surface area is 179 Å². The van der Waals surface area contributed by atoms with E-state index >= 15 is 0 Å². The lowest BCUT2D eigenvalue weighted by atomic mass is 9.89. The highest BCUT2D eigenvalue weighted by Crippen LogP contribution is 2.40. The molecule has 7 nitrogen and oxygen atoms in total. The molecule has 0 saturated carbocycles. The van der Waals surface area contributed by atoms with Crippen LogP contribution in [0.3, 0.4) is 0 Å². The molecule has 0 radical (unpaired) electrons. The SMILES string of the molecule is CB(O)NCC(=O)Nc1ccc2c(-c3ccncc3)c(-c3ccc(F)cc3)n(C)c2n1. The number of hydrogen-bond acceptors (Lipinski definition) is 5. The van der Waals surface area contributed by atoms with Crippen LogP contribution in [0.2, 0.25) is 6.82 Å². The van der Waals surface area contributed by atoms with E-state index in [1.807, 2.05) is 29.8 Å². The third-order valence-electron chi connectivity index (χ3n) is 4.95. The standard InChI is InChI=1S/C22H21BFN5O2/c1-23(31)26-13-19(30)27-18-8-7-17-20(14-9-11-25-12-10-14)21(29(2)22(17)28-18)15-3-5-16(24)6-4-15/h3-12,26,31H,13H2,1-2H3,(H,27,28,30). The van der Waals surface area contributed by atoms with E-state index in [4.69, 9.17) is 0 Å². The third kappa shape index (κ3) is 4.33. The summed E-state index contributed by atoms with van der Waals surface area (Å²) in [6.45, 7) is 1.51. The number of pyridine rings is 2. The van der Waals surface area contributed by atoms with Gasteiger partial charge in [-0.1, -0.05) is 0 Å². The van der Waals surface area contributed by atoms with E-state index in [9.17, 15) is 14.2 Å². The number of halogens is 1. The van der Waals surface area contributed by atoms with E-state index in [2.05, 4.69) is 20.5 Å². The first-order valence-electron chi connectivity index (χ1n) is 9.81. The van der Waals surface area contributed by atoms with Crippen LogP contribution in [-0.4, -0.2) is 39.1 Å². The van der Waals surface area contributed by atoms with Gasteiger partial charge in [0, 0.05) is 30.4 Å². The quantitative estimate of drug-likeness (QED) is 0.420. The predicted molar refractivity (Wildman–Crippen MR) is 120 cm³/mol. The zero-order chi connectivity index (χ0) is 22.0. The largest absolute Gasteiger partial charge is 0.437 e. The van der Waals surface area contributed by atoms with Crippen LogP contribution in [-0.2, 0) is 11.8 Å². The number of aryl methyl sites for hydroxylation is 1. The number of carbonyl (C=O) groups excluding carboxylic acids is 1. The zero-order valence-corrected chi connectivity index (χ0v) is 17.1. The van der Waals surface area contributed by atoms with Gasteiger partial charge in [-0.15, -0.1) is 0 Å². The molecule has 31 heavy (non-hydrogen) atoms. The van der Waals surface area contributed by atoms with Gasteiger partial charge in [-0.2, -0.15) is 0 Å². The minimum atomic E-state index is -0.782. The summed E-state index contributed by atoms with van der Waals surface area (Å²) in [6, 6.07) is 13.8. The number of benzene rings is 1. The maximum Gasteiger partial charge on any atom is 0.374 e. The van der Waals surface area contributed by atoms with Crippen molar-refractivity contribution in [2.24, 2.45) is 7.05 Å². The number of fused-ring (bicyclic) bond motifs is 1. The summed E-state index contributed by atoms with van der Waals surface area (Å²) in [5.74, 6) is -0.214. The average Bonchev–Trinajstić information content (AvgIpc) is 3.05. The van der Waals surface area contributed by atoms with E-state index < -0.39 is 7.05 Å². The van der Waals surface area contributed by atoms with Gasteiger partial charge < -0.3 is 20.1 Å². The van der Waals surface area contributed by atoms with Crippen LogP contribution in [0.15, 0.2) is 60.9 Å². The first-order chi connectivity index (χ1) is 14.9. The summed E-state index contributed by atoms with van der Waals surface area (Å²) in [6.07, 6.45) is 3.44. The summed E-state index contributed by atoms with van der Waals surface area (Å²) in [7, 11) is 1.11. The number of hydrogen-bond donors (Lipinski definition) is 3. The molecule has 0 bridgehead atoms. The minimum absolute atomic E-state index is 0.0341. The number of aromatic nitrogens is 3. The Bertz CT molecular complexity index is 1230. The van der Waals surface area contributed by atoms with E-state index in [1.165, 1.54) is 12.1 Å². The smallest absolute Gasteiger partial charge is 0.374 e. The van der Waals surface area contributed by atoms with Crippen molar-refractivity contribution in [3.63, 3.8) is 0 Å². The third-order valence-corrected chi connectivity index (χ3v) is 4.95. The van der Waals surface area contributed by atoms with Crippen molar-refractivity contribution in [3.05, 3.63) is 66.7 Å². The molecule has 4 rings (SSSR count). The molecule has 3 aromatic heterocycles. The van der Waals surface area contributed by atoms with Gasteiger partial charge in [0.25, 0.3) is 0 Å². The number of rotatable bonds is 6. The van der Waals surface area contributed by atoms with Gasteiger partial charge in [0.05, 0.1) is 12.2 Å². The molecule has 0 saturated heterocycles. The van der Waals surface area contributed by atoms with Gasteiger partial charge in [-0.05, 0) is 66.5 Å². The van der Waals surface area contributed by atoms with Crippen LogP contribution in [0, 0.1) is 5.82 Å². The number of nitrogens with zero attached hydrogens (tertiary/aromatic N) is 3. The molecule has 4 aromatic rings. The Morgan fingerprint density at radius 3 is 2.48 bits per heavy atom. The van der Waals surface area contributed by atoms with Gasteiger partial charge >= 0.3 is 7.05 Å². The van der Waals surface area contributed by atoms with Gasteiger partial charge in [0.1, 0.15) is 17.3 Å². The Morgan fingerprint density at radius 1 is 1.10 bits per heavy atom. The number of nitrogens with one attached hydrogen (secondary N) is 2. The highest BCUT2D eigenvalue weighted by Gasteiger charge is 2.20. The lowest BCUT2D eigenvalue weighted by Crippen LogP contribution is -2.37. The maximum atomic E-state index is 13.5. The average molecular weight is 417 g/mol. The van der Waals surface area contributed by atoms with Crippen LogP contribution < -0.4 is 10.5 Å². The van der Waals surface area contributed by atoms with Gasteiger partial charge in [-0.25, -0.2) is 9.37 Å². The molecule has 1 amide bonds. The second-order valence-corrected chi connectivity index (χ2v) is 7.20. The fraction of sp³-hybridized carbons (Fsp3) is 0.136. The van der Waals surface area contributed by atoms with E-state index in [0.717, 1.165) is 27.8 Å². The highest BCUT2D eigenvalue weighted by atomic mass is 19.1. The van der Waals surface area contributed by atoms with Gasteiger partial charge in [-0.3, -0.25) is 9.78 Å². The molecule has 1 aromatic carbocycles. The predicted octanol–water partition coefficient (Wildman–Crippen LogP) is 3.08. The molecule has 0 unspecified atom stereocenters. The first kappa shape index (κ1) is 20.7. The Morgan fingerprint density at radius 2 is 1.81 bits per heavy atom. The van der Waals surface area contributed by atoms with Crippen LogP contribution in [0.4, 0.5) is 10.2 Å². The fourth-order valence-corrected chi connectivity index (χ4v) is 3.55. The lowest BCUT2D eigenvalue weighted by Gasteiger charge is -2.08. The molecular formula is C22H21BFN5O2. The monoisotopic (exact) mass is 417 g/mol. The van der Waals surface area contributed by atoms with E-state index in [0.29, 0.717) is 11.5 Å². The van der Waals surface area contributed by atoms with Crippen LogP contribution in [0.25, 0.3) is 33.4 Å². The fourth-order valence-electron chi connectivity index (χ4n) is 3.55. The Balaban J connectivity index is 1.83. The van der Waals surface area contributed by atoms with Gasteiger partial charge in [0.2, 0.25) is 5.91 Å². The van der Waals surface area contributed by atoms with Crippen molar-refractivity contribution in [2.45, 2.75) is 6.82 Å². The molecule has 0 aliphatic carbocycles. The molecule has 9 heteroatoms. The molecule has 0 atom stereocenters. The summed E-state index contributed by atoms with van der Waals surface area (Å²) >= 11 is 0. The van der Waals surface area contributed by atoms with Gasteiger partial charge in [0.15, 0.2) is 0 Å². The van der Waals surface area contributed by atoms with Crippen molar-refractivity contribution in [1.82, 2.24) is 19.8 Å². The summed E-state index contributed by atoms with van der Waals surface area (Å²) in [5, 5.41) is 15.6. The molecule has 0 aliphatic heterocycles. The Hall–Kier alpha value is -3.56. The first-order valence-corrected chi connectivity index (χ1v) is 9.81. The number of carbonyl (C=O) groups is 1.